The summed E-state index contributed by atoms with van der Waals surface area (Å²) >= 11 is 0. The average molecular weight is 227 g/mol. The Kier molecular flexibility index (Phi) is 61.5. The van der Waals surface area contributed by atoms with Gasteiger partial charge in [-0.05, 0) is 0 Å². The van der Waals surface area contributed by atoms with Gasteiger partial charge >= 0.3 is 29.6 Å². The van der Waals surface area contributed by atoms with E-state index in [0.29, 0.717) is 0 Å². The van der Waals surface area contributed by atoms with Gasteiger partial charge in [0.2, 0.25) is 0 Å². The van der Waals surface area contributed by atoms with Crippen LogP contribution < -0.4 is 35.7 Å². The van der Waals surface area contributed by atoms with Gasteiger partial charge < -0.3 is 47.0 Å². The molecule has 0 fully saturated rings. The van der Waals surface area contributed by atoms with E-state index in [0.717, 1.165) is 0 Å². The molecule has 0 amide bonds. The molecule has 0 radical (unpaired) electrons. The number of hydrogen-bond acceptors (Lipinski definition) is 8. The Bertz CT molecular complexity index is 99.2. The number of hydrogen-bond donors (Lipinski definition) is 3. The largest absolute Gasteiger partial charge is 1.00 e. The van der Waals surface area contributed by atoms with Gasteiger partial charge in [0.25, 0.3) is 0 Å². The molecule has 0 aromatic heterocycles. The first kappa shape index (κ1) is 29.2. The van der Waals surface area contributed by atoms with E-state index in [1.54, 1.807) is 0 Å². The number of aliphatic hydroxyl groups is 2. The third kappa shape index (κ3) is 15200. The van der Waals surface area contributed by atoms with Crippen molar-refractivity contribution in [2.75, 3.05) is 13.2 Å². The molecule has 0 atom stereocenters. The Morgan fingerprint density at radius 3 is 0.929 bits per heavy atom. The summed E-state index contributed by atoms with van der Waals surface area (Å²) in [6.07, 6.45) is 0. The van der Waals surface area contributed by atoms with Gasteiger partial charge in [-0.25, -0.2) is 0 Å². The maximum absolute atomic E-state index is 8.25. The molecule has 14 heavy (non-hydrogen) atoms. The first-order valence-corrected chi connectivity index (χ1v) is 2.23. The van der Waals surface area contributed by atoms with Gasteiger partial charge in [0.1, 0.15) is 0 Å². The maximum Gasteiger partial charge on any atom is 1.00 e. The van der Waals surface area contributed by atoms with Gasteiger partial charge in [-0.3, -0.25) is 0 Å². The topological polar surface area (TPSA) is 209 Å². The Morgan fingerprint density at radius 2 is 0.929 bits per heavy atom. The molecule has 0 rings (SSSR count). The summed E-state index contributed by atoms with van der Waals surface area (Å²) in [6.45, 7) is -0.250. The quantitative estimate of drug-likeness (QED) is 0.227. The van der Waals surface area contributed by atoms with Crippen LogP contribution in [0.1, 0.15) is 0 Å². The smallest absolute Gasteiger partial charge is 0.394 e. The summed E-state index contributed by atoms with van der Waals surface area (Å²) in [6, 6.07) is 0. The second-order valence-corrected chi connectivity index (χ2v) is 0.894. The third-order valence-electron chi connectivity index (χ3n) is 0.1000. The first-order valence-electron chi connectivity index (χ1n) is 2.23. The summed E-state index contributed by atoms with van der Waals surface area (Å²) in [5.41, 5.74) is 0. The number of nitrogens with zero attached hydrogens (tertiary/aromatic N) is 2. The van der Waals surface area contributed by atoms with E-state index in [9.17, 15) is 0 Å². The van der Waals surface area contributed by atoms with Crippen LogP contribution in [0.2, 0.25) is 0 Å². The molecule has 0 saturated heterocycles. The summed E-state index contributed by atoms with van der Waals surface area (Å²) in [5.74, 6) is 0. The fourth-order valence-corrected chi connectivity index (χ4v) is 0. The van der Waals surface area contributed by atoms with E-state index in [-0.39, 0.29) is 48.9 Å². The molecule has 12 heteroatoms. The molecule has 0 unspecified atom stereocenters. The fraction of sp³-hybridized carbons (Fsp3) is 1.00. The van der Waals surface area contributed by atoms with Crippen molar-refractivity contribution in [1.82, 2.24) is 6.15 Å². The molecule has 11 nitrogen and oxygen atoms in total. The van der Waals surface area contributed by atoms with Crippen LogP contribution in [0.5, 0.6) is 0 Å². The van der Waals surface area contributed by atoms with Crippen LogP contribution in [-0.2, 0) is 0 Å². The van der Waals surface area contributed by atoms with Gasteiger partial charge in [0, 0.05) is 0 Å². The molecule has 0 aromatic carbocycles. The fourth-order valence-electron chi connectivity index (χ4n) is 0. The minimum absolute atomic E-state index is 0. The summed E-state index contributed by atoms with van der Waals surface area (Å²) in [7, 11) is 0. The Hall–Kier alpha value is -0.720. The van der Waals surface area contributed by atoms with Crippen molar-refractivity contribution < 1.29 is 49.9 Å². The van der Waals surface area contributed by atoms with Gasteiger partial charge in [0.05, 0.1) is 23.4 Å². The zero-order valence-corrected chi connectivity index (χ0v) is 9.65. The van der Waals surface area contributed by atoms with Crippen molar-refractivity contribution in [3.63, 3.8) is 0 Å². The number of aliphatic hydroxyl groups excluding tert-OH is 2. The molecule has 0 aliphatic heterocycles. The van der Waals surface area contributed by atoms with Gasteiger partial charge in [-0.15, -0.1) is 0 Å². The standard InChI is InChI=1S/C2H6O2.2NO3.H3N.Na/c3-1-2-4;2*2-1(3)4;;/h3-4H,1-2H2;;;1H3;/q;2*-1;;+1/p+1. The summed E-state index contributed by atoms with van der Waals surface area (Å²) in [5, 5.41) is 44.8. The van der Waals surface area contributed by atoms with E-state index in [2.05, 4.69) is 0 Å². The molecular weight excluding hydrogens is 217 g/mol. The van der Waals surface area contributed by atoms with Gasteiger partial charge in [-0.2, -0.15) is 0 Å². The SMILES string of the molecule is O=[N+]([O-])[O-].O=[N+]([O-])[O-].OCCO.[NH4+].[Na+]. The Morgan fingerprint density at radius 1 is 0.857 bits per heavy atom. The monoisotopic (exact) mass is 227 g/mol. The van der Waals surface area contributed by atoms with Crippen molar-refractivity contribution in [2.24, 2.45) is 0 Å². The minimum atomic E-state index is -1.75. The normalized spacial score (nSPS) is 5.57. The van der Waals surface area contributed by atoms with Crippen molar-refractivity contribution >= 4 is 0 Å². The van der Waals surface area contributed by atoms with Crippen LogP contribution in [0.3, 0.4) is 0 Å². The zero-order chi connectivity index (χ0) is 10.6. The van der Waals surface area contributed by atoms with Crippen molar-refractivity contribution in [2.45, 2.75) is 0 Å². The Labute approximate surface area is 100 Å². The predicted molar refractivity (Wildman–Crippen MR) is 40.9 cm³/mol. The molecule has 0 heterocycles. The van der Waals surface area contributed by atoms with E-state index in [1.807, 2.05) is 0 Å². The Balaban J connectivity index is -0.0000000270. The second-order valence-electron chi connectivity index (χ2n) is 0.894. The minimum Gasteiger partial charge on any atom is -0.394 e. The van der Waals surface area contributed by atoms with E-state index < -0.39 is 10.2 Å². The zero-order valence-electron chi connectivity index (χ0n) is 7.65. The van der Waals surface area contributed by atoms with E-state index in [4.69, 9.17) is 40.9 Å². The summed E-state index contributed by atoms with van der Waals surface area (Å²) in [4.78, 5) is 16.5. The molecule has 0 spiro atoms. The van der Waals surface area contributed by atoms with Gasteiger partial charge in [0.15, 0.2) is 0 Å². The first-order chi connectivity index (χ1) is 5.38. The van der Waals surface area contributed by atoms with Crippen molar-refractivity contribution in [3.8, 4) is 0 Å². The van der Waals surface area contributed by atoms with E-state index in [1.165, 1.54) is 0 Å². The molecule has 0 aromatic rings. The molecule has 0 aliphatic carbocycles. The van der Waals surface area contributed by atoms with Crippen molar-refractivity contribution in [1.29, 1.82) is 0 Å². The van der Waals surface area contributed by atoms with E-state index >= 15 is 0 Å². The molecule has 0 bridgehead atoms. The molecule has 0 saturated carbocycles. The molecule has 82 valence electrons. The number of quaternary nitrogens is 1. The van der Waals surface area contributed by atoms with Gasteiger partial charge in [-0.1, -0.05) is 0 Å². The predicted octanol–water partition coefficient (Wildman–Crippen LogP) is -4.13. The van der Waals surface area contributed by atoms with Crippen LogP contribution in [0.4, 0.5) is 0 Å². The number of rotatable bonds is 1. The van der Waals surface area contributed by atoms with Crippen LogP contribution in [0.15, 0.2) is 0 Å². The maximum atomic E-state index is 8.25. The third-order valence-corrected chi connectivity index (χ3v) is 0.1000. The second kappa shape index (κ2) is 29.5. The molecular formula is C2H10N3NaO8. The molecule has 0 aliphatic rings. The molecule has 6 N–H and O–H groups in total. The summed E-state index contributed by atoms with van der Waals surface area (Å²) < 4.78 is 0. The van der Waals surface area contributed by atoms with Crippen LogP contribution in [0.25, 0.3) is 0 Å². The van der Waals surface area contributed by atoms with Crippen LogP contribution in [-0.4, -0.2) is 33.6 Å². The van der Waals surface area contributed by atoms with Crippen molar-refractivity contribution in [3.05, 3.63) is 30.6 Å². The van der Waals surface area contributed by atoms with Crippen LogP contribution >= 0.6 is 0 Å². The average Bonchev–Trinajstić information content (AvgIpc) is 1.85. The van der Waals surface area contributed by atoms with Crippen LogP contribution in [0, 0.1) is 30.6 Å².